The number of hydrogen-bond acceptors (Lipinski definition) is 3. The molecule has 94 valence electrons. The Labute approximate surface area is 108 Å². The molecule has 0 spiro atoms. The first-order valence-corrected chi connectivity index (χ1v) is 7.36. The Bertz CT molecular complexity index is 364. The Balaban J connectivity index is 2.24. The quantitative estimate of drug-likeness (QED) is 0.866. The van der Waals surface area contributed by atoms with Gasteiger partial charge >= 0.3 is 0 Å². The van der Waals surface area contributed by atoms with E-state index in [2.05, 4.69) is 43.4 Å². The van der Waals surface area contributed by atoms with Gasteiger partial charge in [0.05, 0.1) is 5.54 Å². The minimum Gasteiger partial charge on any atom is -0.377 e. The van der Waals surface area contributed by atoms with Gasteiger partial charge in [-0.2, -0.15) is 11.8 Å². The van der Waals surface area contributed by atoms with Crippen molar-refractivity contribution in [1.82, 2.24) is 0 Å². The summed E-state index contributed by atoms with van der Waals surface area (Å²) in [5, 5.41) is 3.69. The van der Waals surface area contributed by atoms with Crippen LogP contribution in [0, 0.1) is 5.41 Å². The van der Waals surface area contributed by atoms with Crippen molar-refractivity contribution >= 4 is 17.4 Å². The minimum absolute atomic E-state index is 0.0112. The number of nitrogens with two attached hydrogens (primary N) is 1. The van der Waals surface area contributed by atoms with Crippen LogP contribution in [0.25, 0.3) is 0 Å². The standard InChI is InChI=1S/C14H22N2S/c1-13(2)8-9-17-11-14(13,10-15)16-12-6-4-3-5-7-12/h3-7,16H,8-11,15H2,1-2H3. The average Bonchev–Trinajstić information content (AvgIpc) is 2.33. The largest absolute Gasteiger partial charge is 0.377 e. The summed E-state index contributed by atoms with van der Waals surface area (Å²) in [4.78, 5) is 0. The number of rotatable bonds is 3. The highest BCUT2D eigenvalue weighted by molar-refractivity contribution is 7.99. The van der Waals surface area contributed by atoms with Crippen LogP contribution >= 0.6 is 11.8 Å². The molecule has 1 aliphatic heterocycles. The Kier molecular flexibility index (Phi) is 3.69. The maximum atomic E-state index is 6.09. The normalized spacial score (nSPS) is 27.7. The summed E-state index contributed by atoms with van der Waals surface area (Å²) in [5.41, 5.74) is 7.51. The van der Waals surface area contributed by atoms with Crippen molar-refractivity contribution < 1.29 is 0 Å². The molecule has 0 radical (unpaired) electrons. The first-order valence-electron chi connectivity index (χ1n) is 6.21. The van der Waals surface area contributed by atoms with E-state index < -0.39 is 0 Å². The summed E-state index contributed by atoms with van der Waals surface area (Å²) < 4.78 is 0. The number of thioether (sulfide) groups is 1. The minimum atomic E-state index is 0.0112. The van der Waals surface area contributed by atoms with Crippen LogP contribution in [0.1, 0.15) is 20.3 Å². The molecular formula is C14H22N2S. The molecule has 0 amide bonds. The Hall–Kier alpha value is -0.670. The van der Waals surface area contributed by atoms with Crippen LogP contribution in [0.15, 0.2) is 30.3 Å². The third-order valence-corrected chi connectivity index (χ3v) is 5.21. The van der Waals surface area contributed by atoms with Gasteiger partial charge in [-0.3, -0.25) is 0 Å². The van der Waals surface area contributed by atoms with Gasteiger partial charge in [0.15, 0.2) is 0 Å². The number of benzene rings is 1. The number of nitrogens with one attached hydrogen (secondary N) is 1. The average molecular weight is 250 g/mol. The van der Waals surface area contributed by atoms with Gasteiger partial charge in [0.2, 0.25) is 0 Å². The topological polar surface area (TPSA) is 38.0 Å². The van der Waals surface area contributed by atoms with Gasteiger partial charge in [-0.05, 0) is 29.7 Å². The van der Waals surface area contributed by atoms with Crippen LogP contribution in [-0.2, 0) is 0 Å². The highest BCUT2D eigenvalue weighted by atomic mass is 32.2. The van der Waals surface area contributed by atoms with Gasteiger partial charge in [-0.25, -0.2) is 0 Å². The molecule has 3 N–H and O–H groups in total. The molecule has 1 aliphatic rings. The predicted octanol–water partition coefficient (Wildman–Crippen LogP) is 2.96. The van der Waals surface area contributed by atoms with Gasteiger partial charge in [0.1, 0.15) is 0 Å². The summed E-state index contributed by atoms with van der Waals surface area (Å²) in [6, 6.07) is 10.4. The molecule has 1 fully saturated rings. The first kappa shape index (κ1) is 12.8. The van der Waals surface area contributed by atoms with E-state index in [9.17, 15) is 0 Å². The molecule has 0 aromatic heterocycles. The molecule has 0 aliphatic carbocycles. The second-order valence-electron chi connectivity index (χ2n) is 5.46. The molecule has 1 saturated heterocycles. The molecular weight excluding hydrogens is 228 g/mol. The van der Waals surface area contributed by atoms with Gasteiger partial charge in [0.25, 0.3) is 0 Å². The summed E-state index contributed by atoms with van der Waals surface area (Å²) in [5.74, 6) is 2.33. The van der Waals surface area contributed by atoms with Crippen molar-refractivity contribution in [2.24, 2.45) is 11.1 Å². The van der Waals surface area contributed by atoms with Crippen LogP contribution in [0.2, 0.25) is 0 Å². The molecule has 1 heterocycles. The van der Waals surface area contributed by atoms with Crippen molar-refractivity contribution in [3.63, 3.8) is 0 Å². The summed E-state index contributed by atoms with van der Waals surface area (Å²) >= 11 is 2.01. The zero-order valence-corrected chi connectivity index (χ0v) is 11.5. The highest BCUT2D eigenvalue weighted by Crippen LogP contribution is 2.43. The fourth-order valence-corrected chi connectivity index (χ4v) is 4.13. The lowest BCUT2D eigenvalue weighted by molar-refractivity contribution is 0.203. The van der Waals surface area contributed by atoms with Crippen LogP contribution in [0.4, 0.5) is 5.69 Å². The molecule has 2 nitrogen and oxygen atoms in total. The lowest BCUT2D eigenvalue weighted by Gasteiger charge is -2.50. The van der Waals surface area contributed by atoms with E-state index in [-0.39, 0.29) is 11.0 Å². The maximum Gasteiger partial charge on any atom is 0.0636 e. The molecule has 2 rings (SSSR count). The Morgan fingerprint density at radius 1 is 1.29 bits per heavy atom. The smallest absolute Gasteiger partial charge is 0.0636 e. The zero-order chi connectivity index (χ0) is 12.4. The number of hydrogen-bond donors (Lipinski definition) is 2. The summed E-state index contributed by atoms with van der Waals surface area (Å²) in [6.07, 6.45) is 1.22. The van der Waals surface area contributed by atoms with Crippen LogP contribution in [0.5, 0.6) is 0 Å². The second-order valence-corrected chi connectivity index (χ2v) is 6.57. The molecule has 3 heteroatoms. The third kappa shape index (κ3) is 2.45. The zero-order valence-electron chi connectivity index (χ0n) is 10.7. The highest BCUT2D eigenvalue weighted by Gasteiger charge is 2.46. The molecule has 0 bridgehead atoms. The summed E-state index contributed by atoms with van der Waals surface area (Å²) in [6.45, 7) is 5.34. The van der Waals surface area contributed by atoms with Gasteiger partial charge in [-0.15, -0.1) is 0 Å². The predicted molar refractivity (Wildman–Crippen MR) is 77.6 cm³/mol. The monoisotopic (exact) mass is 250 g/mol. The van der Waals surface area contributed by atoms with Crippen LogP contribution in [0.3, 0.4) is 0 Å². The van der Waals surface area contributed by atoms with Crippen molar-refractivity contribution in [2.45, 2.75) is 25.8 Å². The SMILES string of the molecule is CC1(C)CCSCC1(CN)Nc1ccccc1. The van der Waals surface area contributed by atoms with Gasteiger partial charge < -0.3 is 11.1 Å². The lowest BCUT2D eigenvalue weighted by atomic mass is 9.70. The van der Waals surface area contributed by atoms with Gasteiger partial charge in [0, 0.05) is 18.0 Å². The molecule has 1 aromatic rings. The van der Waals surface area contributed by atoms with Crippen molar-refractivity contribution in [2.75, 3.05) is 23.4 Å². The molecule has 1 unspecified atom stereocenters. The van der Waals surface area contributed by atoms with E-state index in [0.29, 0.717) is 6.54 Å². The van der Waals surface area contributed by atoms with Gasteiger partial charge in [-0.1, -0.05) is 32.0 Å². The third-order valence-electron chi connectivity index (χ3n) is 4.02. The lowest BCUT2D eigenvalue weighted by Crippen LogP contribution is -2.60. The molecule has 1 aromatic carbocycles. The Morgan fingerprint density at radius 2 is 2.00 bits per heavy atom. The van der Waals surface area contributed by atoms with E-state index in [4.69, 9.17) is 5.73 Å². The van der Waals surface area contributed by atoms with Crippen LogP contribution < -0.4 is 11.1 Å². The van der Waals surface area contributed by atoms with Crippen molar-refractivity contribution in [3.05, 3.63) is 30.3 Å². The van der Waals surface area contributed by atoms with E-state index >= 15 is 0 Å². The number of para-hydroxylation sites is 1. The molecule has 17 heavy (non-hydrogen) atoms. The van der Waals surface area contributed by atoms with Crippen molar-refractivity contribution in [3.8, 4) is 0 Å². The fourth-order valence-electron chi connectivity index (χ4n) is 2.40. The molecule has 1 atom stereocenters. The van der Waals surface area contributed by atoms with E-state index in [0.717, 1.165) is 5.75 Å². The maximum absolute atomic E-state index is 6.09. The molecule has 0 saturated carbocycles. The Morgan fingerprint density at radius 3 is 2.59 bits per heavy atom. The summed E-state index contributed by atoms with van der Waals surface area (Å²) in [7, 11) is 0. The number of anilines is 1. The van der Waals surface area contributed by atoms with E-state index in [1.165, 1.54) is 17.9 Å². The van der Waals surface area contributed by atoms with Crippen LogP contribution in [-0.4, -0.2) is 23.6 Å². The first-order chi connectivity index (χ1) is 8.10. The second kappa shape index (κ2) is 4.91. The van der Waals surface area contributed by atoms with E-state index in [1.54, 1.807) is 0 Å². The van der Waals surface area contributed by atoms with E-state index in [1.807, 2.05) is 17.8 Å². The fraction of sp³-hybridized carbons (Fsp3) is 0.571. The van der Waals surface area contributed by atoms with Crippen molar-refractivity contribution in [1.29, 1.82) is 0 Å².